The van der Waals surface area contributed by atoms with E-state index in [4.69, 9.17) is 28.8 Å². The lowest BCUT2D eigenvalue weighted by molar-refractivity contribution is -0.329. The smallest absolute Gasteiger partial charge is 0.373 e. The summed E-state index contributed by atoms with van der Waals surface area (Å²) in [5.74, 6) is -7.68. The predicted octanol–water partition coefficient (Wildman–Crippen LogP) is 4.88. The van der Waals surface area contributed by atoms with Crippen LogP contribution in [0.2, 0.25) is 0 Å². The van der Waals surface area contributed by atoms with Gasteiger partial charge >= 0.3 is 17.9 Å². The van der Waals surface area contributed by atoms with E-state index in [1.54, 1.807) is 32.9 Å². The molecule has 2 aliphatic rings. The van der Waals surface area contributed by atoms with Gasteiger partial charge < -0.3 is 44.1 Å². The highest BCUT2D eigenvalue weighted by molar-refractivity contribution is 5.90. The van der Waals surface area contributed by atoms with Gasteiger partial charge in [-0.2, -0.15) is 0 Å². The number of esters is 2. The van der Waals surface area contributed by atoms with Crippen LogP contribution < -0.4 is 0 Å². The molecule has 1 saturated heterocycles. The van der Waals surface area contributed by atoms with Gasteiger partial charge in [0.25, 0.3) is 0 Å². The molecule has 0 saturated carbocycles. The highest BCUT2D eigenvalue weighted by Crippen LogP contribution is 2.42. The Labute approximate surface area is 302 Å². The van der Waals surface area contributed by atoms with Gasteiger partial charge in [-0.05, 0) is 38.2 Å². The Kier molecular flexibility index (Phi) is 16.8. The van der Waals surface area contributed by atoms with Crippen LogP contribution in [0, 0.1) is 35.5 Å². The molecule has 1 fully saturated rings. The Morgan fingerprint density at radius 1 is 1.06 bits per heavy atom. The summed E-state index contributed by atoms with van der Waals surface area (Å²) < 4.78 is 29.1. The largest absolute Gasteiger partial charge is 0.490 e. The molecule has 4 N–H and O–H groups in total. The van der Waals surface area contributed by atoms with Gasteiger partial charge in [-0.15, -0.1) is 0 Å². The number of ether oxygens (including phenoxy) is 5. The van der Waals surface area contributed by atoms with Crippen molar-refractivity contribution in [1.29, 1.82) is 0 Å². The first-order chi connectivity index (χ1) is 23.8. The summed E-state index contributed by atoms with van der Waals surface area (Å²) in [6.07, 6.45) is 5.37. The maximum absolute atomic E-state index is 13.6. The molecule has 2 heterocycles. The van der Waals surface area contributed by atoms with E-state index in [0.29, 0.717) is 18.1 Å². The van der Waals surface area contributed by atoms with Crippen molar-refractivity contribution < 1.29 is 58.5 Å². The van der Waals surface area contributed by atoms with Crippen molar-refractivity contribution in [2.24, 2.45) is 35.5 Å². The van der Waals surface area contributed by atoms with E-state index in [0.717, 1.165) is 11.6 Å². The molecule has 0 aromatic carbocycles. The minimum Gasteiger partial charge on any atom is -0.490 e. The molecule has 0 aromatic heterocycles. The molecule has 2 rings (SSSR count). The van der Waals surface area contributed by atoms with Crippen LogP contribution in [0.4, 0.5) is 0 Å². The number of allylic oxidation sites excluding steroid dienone is 5. The second kappa shape index (κ2) is 19.5. The summed E-state index contributed by atoms with van der Waals surface area (Å²) in [5, 5.41) is 43.8. The van der Waals surface area contributed by atoms with E-state index in [1.165, 1.54) is 20.3 Å². The molecule has 12 heteroatoms. The number of aliphatic carboxylic acids is 1. The molecule has 0 radical (unpaired) electrons. The number of hydrogen-bond donors (Lipinski definition) is 4. The number of carbonyl (C=O) groups excluding carboxylic acids is 2. The van der Waals surface area contributed by atoms with Crippen LogP contribution in [0.25, 0.3) is 0 Å². The van der Waals surface area contributed by atoms with Crippen LogP contribution in [-0.4, -0.2) is 95.0 Å². The molecule has 0 amide bonds. The van der Waals surface area contributed by atoms with Crippen LogP contribution in [0.3, 0.4) is 0 Å². The van der Waals surface area contributed by atoms with Crippen molar-refractivity contribution in [2.45, 2.75) is 118 Å². The van der Waals surface area contributed by atoms with Crippen LogP contribution in [0.5, 0.6) is 0 Å². The van der Waals surface area contributed by atoms with Crippen molar-refractivity contribution in [3.05, 3.63) is 59.4 Å². The van der Waals surface area contributed by atoms with Gasteiger partial charge in [0, 0.05) is 49.4 Å². The Bertz CT molecular complexity index is 1350. The number of hydrogen-bond acceptors (Lipinski definition) is 11. The lowest BCUT2D eigenvalue weighted by atomic mass is 9.76. The minimum absolute atomic E-state index is 0.0458. The molecule has 288 valence electrons. The number of rotatable bonds is 10. The average molecular weight is 721 g/mol. The van der Waals surface area contributed by atoms with Gasteiger partial charge in [-0.1, -0.05) is 83.9 Å². The standard InChI is InChI=1S/C39H60O12/c1-21(2)36-26(7)31(49-33(42)16-15-32(40)41)20-39(46,51-36)28(9)35(44)27(8)37-29(47-10)14-12-13-22(3)17-24(5)34(43)25(6)18-23(4)19-30(48-11)38(45)50-37/h12-16,18-19,21,24-29,31,34-37,43-44,46H,17,20H2,1-11H3,(H,40,41)/b14-12?,16-15-,22-13?,23-18?,30-19?/t24-,25+,26+,27-,28+,29+,31+,34-,35+,36+,37+,39+/m1/s1. The summed E-state index contributed by atoms with van der Waals surface area (Å²) in [7, 11) is 2.80. The van der Waals surface area contributed by atoms with Gasteiger partial charge in [-0.3, -0.25) is 0 Å². The number of carboxylic acids is 1. The van der Waals surface area contributed by atoms with Crippen LogP contribution >= 0.6 is 0 Å². The minimum atomic E-state index is -1.99. The molecule has 51 heavy (non-hydrogen) atoms. The van der Waals surface area contributed by atoms with E-state index in [9.17, 15) is 29.7 Å². The molecule has 12 atom stereocenters. The fourth-order valence-corrected chi connectivity index (χ4v) is 7.00. The van der Waals surface area contributed by atoms with Gasteiger partial charge in [-0.25, -0.2) is 14.4 Å². The molecule has 0 aromatic rings. The highest BCUT2D eigenvalue weighted by atomic mass is 16.6. The zero-order valence-electron chi connectivity index (χ0n) is 31.9. The summed E-state index contributed by atoms with van der Waals surface area (Å²) in [6, 6.07) is 0. The predicted molar refractivity (Wildman–Crippen MR) is 191 cm³/mol. The second-order valence-electron chi connectivity index (χ2n) is 14.6. The Morgan fingerprint density at radius 3 is 2.27 bits per heavy atom. The van der Waals surface area contributed by atoms with Crippen LogP contribution in [-0.2, 0) is 38.1 Å². The number of aliphatic hydroxyl groups excluding tert-OH is 2. The van der Waals surface area contributed by atoms with Gasteiger partial charge in [0.1, 0.15) is 18.3 Å². The number of carbonyl (C=O) groups is 3. The zero-order valence-corrected chi connectivity index (χ0v) is 31.9. The first-order valence-corrected chi connectivity index (χ1v) is 17.7. The Hall–Kier alpha value is -3.29. The number of carboxylic acid groups (broad SMARTS) is 1. The van der Waals surface area contributed by atoms with E-state index in [-0.39, 0.29) is 35.9 Å². The quantitative estimate of drug-likeness (QED) is 0.178. The fourth-order valence-electron chi connectivity index (χ4n) is 7.00. The van der Waals surface area contributed by atoms with E-state index in [1.807, 2.05) is 53.7 Å². The lowest BCUT2D eigenvalue weighted by Gasteiger charge is -2.50. The zero-order chi connectivity index (χ0) is 38.8. The summed E-state index contributed by atoms with van der Waals surface area (Å²) in [5.41, 5.74) is 1.70. The molecule has 12 nitrogen and oxygen atoms in total. The summed E-state index contributed by atoms with van der Waals surface area (Å²) in [6.45, 7) is 16.5. The third-order valence-corrected chi connectivity index (χ3v) is 10.1. The Morgan fingerprint density at radius 2 is 1.71 bits per heavy atom. The lowest BCUT2D eigenvalue weighted by Crippen LogP contribution is -2.59. The number of cyclic esters (lactones) is 1. The number of methoxy groups -OCH3 is 2. The van der Waals surface area contributed by atoms with Crippen molar-refractivity contribution in [2.75, 3.05) is 14.2 Å². The Balaban J connectivity index is 2.55. The SMILES string of the molecule is COC1=CC(C)=C[C@H](C)[C@H](O)[C@H](C)CC(C)=CC=C[C@H](OC)[C@H]([C@H](C)[C@H](O)[C@H](C)[C@]2(O)C[C@H](OC(=O)/C=C\C(=O)O)[C@H](C)[C@H](C(C)C)O2)OC1=O. The van der Waals surface area contributed by atoms with E-state index < -0.39 is 72.2 Å². The average Bonchev–Trinajstić information content (AvgIpc) is 3.06. The van der Waals surface area contributed by atoms with Crippen molar-refractivity contribution in [3.8, 4) is 0 Å². The second-order valence-corrected chi connectivity index (χ2v) is 14.6. The van der Waals surface area contributed by atoms with Crippen LogP contribution in [0.15, 0.2) is 59.4 Å². The molecule has 0 unspecified atom stereocenters. The molecule has 0 bridgehead atoms. The third-order valence-electron chi connectivity index (χ3n) is 10.1. The summed E-state index contributed by atoms with van der Waals surface area (Å²) in [4.78, 5) is 37.1. The maximum Gasteiger partial charge on any atom is 0.373 e. The van der Waals surface area contributed by atoms with Gasteiger partial charge in [0.05, 0.1) is 25.4 Å². The van der Waals surface area contributed by atoms with Crippen molar-refractivity contribution in [3.63, 3.8) is 0 Å². The fraction of sp³-hybridized carbons (Fsp3) is 0.667. The van der Waals surface area contributed by atoms with Crippen molar-refractivity contribution in [1.82, 2.24) is 0 Å². The summed E-state index contributed by atoms with van der Waals surface area (Å²) >= 11 is 0. The first kappa shape index (κ1) is 43.9. The molecule has 2 aliphatic heterocycles. The molecular formula is C39H60O12. The molecule has 0 aliphatic carbocycles. The third kappa shape index (κ3) is 12.1. The maximum atomic E-state index is 13.6. The molecular weight excluding hydrogens is 660 g/mol. The normalized spacial score (nSPS) is 33.4. The van der Waals surface area contributed by atoms with Crippen molar-refractivity contribution >= 4 is 17.9 Å². The first-order valence-electron chi connectivity index (χ1n) is 17.7. The van der Waals surface area contributed by atoms with Gasteiger partial charge in [0.15, 0.2) is 5.79 Å². The number of aliphatic hydroxyl groups is 3. The monoisotopic (exact) mass is 720 g/mol. The van der Waals surface area contributed by atoms with E-state index in [2.05, 4.69) is 0 Å². The van der Waals surface area contributed by atoms with Crippen LogP contribution in [0.1, 0.15) is 75.2 Å². The topological polar surface area (TPSA) is 178 Å². The van der Waals surface area contributed by atoms with Gasteiger partial charge in [0.2, 0.25) is 5.76 Å². The van der Waals surface area contributed by atoms with E-state index >= 15 is 0 Å². The molecule has 0 spiro atoms. The highest BCUT2D eigenvalue weighted by Gasteiger charge is 2.53.